The van der Waals surface area contributed by atoms with Gasteiger partial charge in [-0.3, -0.25) is 0 Å². The summed E-state index contributed by atoms with van der Waals surface area (Å²) in [4.78, 5) is -0.0265. The van der Waals surface area contributed by atoms with Gasteiger partial charge in [-0.1, -0.05) is 24.3 Å². The second-order valence-corrected chi connectivity index (χ2v) is 5.12. The van der Waals surface area contributed by atoms with E-state index in [4.69, 9.17) is 9.47 Å². The number of ether oxygens (including phenoxy) is 2. The summed E-state index contributed by atoms with van der Waals surface area (Å²) < 4.78 is 38.9. The summed E-state index contributed by atoms with van der Waals surface area (Å²) in [5, 5.41) is 1.15. The van der Waals surface area contributed by atoms with Gasteiger partial charge in [-0.25, -0.2) is 0 Å². The SMILES string of the molecule is COc1cc(OC)c2ccccc2c1S(O)(O)O. The average Bonchev–Trinajstić information content (AvgIpc) is 2.35. The van der Waals surface area contributed by atoms with E-state index < -0.39 is 10.9 Å². The van der Waals surface area contributed by atoms with Gasteiger partial charge >= 0.3 is 0 Å². The minimum absolute atomic E-state index is 0.0265. The maximum atomic E-state index is 9.54. The van der Waals surface area contributed by atoms with Crippen molar-refractivity contribution in [3.63, 3.8) is 0 Å². The van der Waals surface area contributed by atoms with Crippen LogP contribution in [0.25, 0.3) is 10.8 Å². The average molecular weight is 270 g/mol. The van der Waals surface area contributed by atoms with Crippen molar-refractivity contribution in [3.8, 4) is 11.5 Å². The van der Waals surface area contributed by atoms with Gasteiger partial charge in [0, 0.05) is 16.8 Å². The number of benzene rings is 2. The van der Waals surface area contributed by atoms with Crippen LogP contribution in [0.1, 0.15) is 0 Å². The highest BCUT2D eigenvalue weighted by Crippen LogP contribution is 2.53. The minimum atomic E-state index is -3.88. The number of methoxy groups -OCH3 is 2. The molecular weight excluding hydrogens is 256 g/mol. The first-order valence-electron chi connectivity index (χ1n) is 5.13. The fourth-order valence-electron chi connectivity index (χ4n) is 1.89. The fraction of sp³-hybridized carbons (Fsp3) is 0.167. The third kappa shape index (κ3) is 2.11. The molecule has 0 amide bonds. The van der Waals surface area contributed by atoms with E-state index in [0.29, 0.717) is 16.5 Å². The summed E-state index contributed by atoms with van der Waals surface area (Å²) in [6.07, 6.45) is 0. The van der Waals surface area contributed by atoms with Crippen LogP contribution < -0.4 is 9.47 Å². The first-order valence-corrected chi connectivity index (χ1v) is 6.63. The summed E-state index contributed by atoms with van der Waals surface area (Å²) in [5.41, 5.74) is 0. The van der Waals surface area contributed by atoms with Crippen LogP contribution in [0.5, 0.6) is 11.5 Å². The minimum Gasteiger partial charge on any atom is -0.496 e. The van der Waals surface area contributed by atoms with Crippen molar-refractivity contribution in [1.29, 1.82) is 0 Å². The molecule has 2 rings (SSSR count). The van der Waals surface area contributed by atoms with Gasteiger partial charge in [0.25, 0.3) is 0 Å². The van der Waals surface area contributed by atoms with Gasteiger partial charge in [0.2, 0.25) is 0 Å². The molecule has 0 aliphatic heterocycles. The lowest BCUT2D eigenvalue weighted by molar-refractivity contribution is 0.358. The van der Waals surface area contributed by atoms with E-state index in [1.54, 1.807) is 24.3 Å². The quantitative estimate of drug-likeness (QED) is 0.796. The van der Waals surface area contributed by atoms with Crippen molar-refractivity contribution in [3.05, 3.63) is 30.3 Å². The lowest BCUT2D eigenvalue weighted by atomic mass is 10.1. The van der Waals surface area contributed by atoms with Crippen LogP contribution in [0.4, 0.5) is 0 Å². The molecule has 3 N–H and O–H groups in total. The topological polar surface area (TPSA) is 79.2 Å². The van der Waals surface area contributed by atoms with Crippen molar-refractivity contribution >= 4 is 21.6 Å². The van der Waals surface area contributed by atoms with Crippen LogP contribution >= 0.6 is 10.9 Å². The fourth-order valence-corrected chi connectivity index (χ4v) is 2.78. The van der Waals surface area contributed by atoms with Crippen LogP contribution in [0.15, 0.2) is 35.2 Å². The Morgan fingerprint density at radius 2 is 1.44 bits per heavy atom. The summed E-state index contributed by atoms with van der Waals surface area (Å²) in [6, 6.07) is 8.48. The molecule has 0 unspecified atom stereocenters. The molecule has 98 valence electrons. The van der Waals surface area contributed by atoms with Gasteiger partial charge in [0.1, 0.15) is 27.3 Å². The maximum absolute atomic E-state index is 9.54. The molecule has 18 heavy (non-hydrogen) atoms. The highest BCUT2D eigenvalue weighted by molar-refractivity contribution is 8.19. The largest absolute Gasteiger partial charge is 0.496 e. The Kier molecular flexibility index (Phi) is 3.36. The lowest BCUT2D eigenvalue weighted by Gasteiger charge is -2.24. The molecule has 0 aliphatic rings. The third-order valence-electron chi connectivity index (χ3n) is 2.64. The normalized spacial score (nSPS) is 12.5. The molecule has 0 aromatic heterocycles. The molecule has 0 heterocycles. The number of fused-ring (bicyclic) bond motifs is 1. The molecule has 0 atom stereocenters. The second-order valence-electron chi connectivity index (χ2n) is 3.67. The molecule has 2 aromatic rings. The molecular formula is C12H14O5S. The molecule has 0 spiro atoms. The monoisotopic (exact) mass is 270 g/mol. The van der Waals surface area contributed by atoms with Crippen LogP contribution in [0.2, 0.25) is 0 Å². The van der Waals surface area contributed by atoms with E-state index in [2.05, 4.69) is 0 Å². The van der Waals surface area contributed by atoms with Gasteiger partial charge in [-0.2, -0.15) is 0 Å². The lowest BCUT2D eigenvalue weighted by Crippen LogP contribution is -2.01. The molecule has 0 aliphatic carbocycles. The molecule has 0 saturated carbocycles. The molecule has 0 bridgehead atoms. The van der Waals surface area contributed by atoms with Crippen molar-refractivity contribution in [2.45, 2.75) is 4.90 Å². The Morgan fingerprint density at radius 1 is 0.889 bits per heavy atom. The van der Waals surface area contributed by atoms with Gasteiger partial charge in [-0.05, 0) is 0 Å². The van der Waals surface area contributed by atoms with E-state index in [1.807, 2.05) is 0 Å². The summed E-state index contributed by atoms with van der Waals surface area (Å²) >= 11 is 0. The van der Waals surface area contributed by atoms with Gasteiger partial charge in [-0.15, -0.1) is 0 Å². The molecule has 6 heteroatoms. The molecule has 0 fully saturated rings. The van der Waals surface area contributed by atoms with E-state index in [1.165, 1.54) is 20.3 Å². The van der Waals surface area contributed by atoms with Crippen molar-refractivity contribution < 1.29 is 23.1 Å². The Bertz CT molecular complexity index is 576. The van der Waals surface area contributed by atoms with E-state index in [0.717, 1.165) is 0 Å². The van der Waals surface area contributed by atoms with Crippen molar-refractivity contribution in [2.75, 3.05) is 14.2 Å². The zero-order valence-electron chi connectivity index (χ0n) is 9.95. The zero-order valence-corrected chi connectivity index (χ0v) is 10.8. The number of rotatable bonds is 3. The van der Waals surface area contributed by atoms with E-state index in [9.17, 15) is 13.7 Å². The van der Waals surface area contributed by atoms with E-state index in [-0.39, 0.29) is 10.6 Å². The smallest absolute Gasteiger partial charge is 0.141 e. The maximum Gasteiger partial charge on any atom is 0.141 e. The molecule has 0 saturated heterocycles. The predicted molar refractivity (Wildman–Crippen MR) is 70.8 cm³/mol. The summed E-state index contributed by atoms with van der Waals surface area (Å²) in [7, 11) is -0.979. The summed E-state index contributed by atoms with van der Waals surface area (Å²) in [6.45, 7) is 0. The van der Waals surface area contributed by atoms with Crippen LogP contribution in [0.3, 0.4) is 0 Å². The van der Waals surface area contributed by atoms with Gasteiger partial charge in [0.05, 0.1) is 14.2 Å². The first-order chi connectivity index (χ1) is 8.49. The van der Waals surface area contributed by atoms with Crippen LogP contribution in [-0.4, -0.2) is 27.9 Å². The Balaban J connectivity index is 2.90. The second kappa shape index (κ2) is 4.66. The molecule has 0 radical (unpaired) electrons. The van der Waals surface area contributed by atoms with Gasteiger partial charge < -0.3 is 23.1 Å². The standard InChI is InChI=1S/C12H14O5S/c1-16-10-7-11(17-2)12(18(13,14)15)9-6-4-3-5-8(9)10/h3-7,13-15H,1-2H3. The van der Waals surface area contributed by atoms with Crippen LogP contribution in [-0.2, 0) is 0 Å². The molecule has 5 nitrogen and oxygen atoms in total. The Morgan fingerprint density at radius 3 is 1.94 bits per heavy atom. The number of hydrogen-bond acceptors (Lipinski definition) is 5. The summed E-state index contributed by atoms with van der Waals surface area (Å²) in [5.74, 6) is 0.711. The zero-order chi connectivity index (χ0) is 13.3. The van der Waals surface area contributed by atoms with E-state index >= 15 is 0 Å². The Labute approximate surface area is 106 Å². The highest BCUT2D eigenvalue weighted by Gasteiger charge is 2.26. The third-order valence-corrected chi connectivity index (χ3v) is 3.61. The first kappa shape index (κ1) is 13.0. The van der Waals surface area contributed by atoms with Gasteiger partial charge in [0.15, 0.2) is 0 Å². The Hall–Kier alpha value is -1.47. The molecule has 2 aromatic carbocycles. The number of hydrogen-bond donors (Lipinski definition) is 3. The van der Waals surface area contributed by atoms with Crippen molar-refractivity contribution in [2.24, 2.45) is 0 Å². The highest BCUT2D eigenvalue weighted by atomic mass is 32.3. The van der Waals surface area contributed by atoms with Crippen molar-refractivity contribution in [1.82, 2.24) is 0 Å². The van der Waals surface area contributed by atoms with Crippen LogP contribution in [0, 0.1) is 0 Å². The predicted octanol–water partition coefficient (Wildman–Crippen LogP) is 3.44.